The minimum absolute atomic E-state index is 0.0980. The van der Waals surface area contributed by atoms with Crippen LogP contribution in [-0.4, -0.2) is 31.5 Å². The highest BCUT2D eigenvalue weighted by atomic mass is 35.5. The van der Waals surface area contributed by atoms with Crippen LogP contribution in [0.15, 0.2) is 88.3 Å². The van der Waals surface area contributed by atoms with Gasteiger partial charge in [-0.25, -0.2) is 9.69 Å². The fourth-order valence-corrected chi connectivity index (χ4v) is 4.61. The summed E-state index contributed by atoms with van der Waals surface area (Å²) in [6, 6.07) is 20.4. The van der Waals surface area contributed by atoms with Gasteiger partial charge in [0.2, 0.25) is 0 Å². The predicted octanol–water partition coefficient (Wildman–Crippen LogP) is 5.90. The van der Waals surface area contributed by atoms with Crippen LogP contribution < -0.4 is 15.0 Å². The molecule has 1 heterocycles. The van der Waals surface area contributed by atoms with E-state index < -0.39 is 17.8 Å². The number of carbonyl (C=O) groups excluding carboxylic acids is 3. The van der Waals surface area contributed by atoms with Gasteiger partial charge < -0.3 is 14.8 Å². The van der Waals surface area contributed by atoms with E-state index in [1.165, 1.54) is 31.0 Å². The van der Waals surface area contributed by atoms with Crippen molar-refractivity contribution in [2.45, 2.75) is 18.2 Å². The number of nitrogens with zero attached hydrogens (tertiary/aromatic N) is 1. The SMILES string of the molecule is CCCOC(=O)c1ccc(N2C(=O)C(Nc3cc(Cl)ccc3OC)=C(Sc3ccccc3)C2=O)cc1. The first-order valence-electron chi connectivity index (χ1n) is 11.2. The number of anilines is 2. The molecule has 0 saturated carbocycles. The molecule has 1 aliphatic rings. The van der Waals surface area contributed by atoms with E-state index in [-0.39, 0.29) is 10.6 Å². The number of halogens is 1. The van der Waals surface area contributed by atoms with Crippen molar-refractivity contribution < 1.29 is 23.9 Å². The van der Waals surface area contributed by atoms with Crippen molar-refractivity contribution in [1.82, 2.24) is 0 Å². The van der Waals surface area contributed by atoms with Crippen molar-refractivity contribution >= 4 is 52.5 Å². The molecular weight excluding hydrogens is 500 g/mol. The van der Waals surface area contributed by atoms with Crippen LogP contribution in [0.1, 0.15) is 23.7 Å². The Morgan fingerprint density at radius 1 is 1.00 bits per heavy atom. The minimum Gasteiger partial charge on any atom is -0.495 e. The second kappa shape index (κ2) is 11.3. The Kier molecular flexibility index (Phi) is 7.97. The molecule has 184 valence electrons. The number of rotatable bonds is 9. The number of imide groups is 1. The first-order chi connectivity index (χ1) is 17.4. The third-order valence-electron chi connectivity index (χ3n) is 5.22. The van der Waals surface area contributed by atoms with Gasteiger partial charge in [0, 0.05) is 9.92 Å². The van der Waals surface area contributed by atoms with Crippen molar-refractivity contribution in [2.24, 2.45) is 0 Å². The topological polar surface area (TPSA) is 84.9 Å². The Labute approximate surface area is 218 Å². The molecule has 0 unspecified atom stereocenters. The first-order valence-corrected chi connectivity index (χ1v) is 12.4. The van der Waals surface area contributed by atoms with Crippen molar-refractivity contribution in [3.8, 4) is 5.75 Å². The second-order valence-corrected chi connectivity index (χ2v) is 9.24. The van der Waals surface area contributed by atoms with E-state index in [1.807, 2.05) is 37.3 Å². The summed E-state index contributed by atoms with van der Waals surface area (Å²) in [6.07, 6.45) is 0.710. The average molecular weight is 523 g/mol. The van der Waals surface area contributed by atoms with E-state index in [9.17, 15) is 14.4 Å². The molecule has 7 nitrogen and oxygen atoms in total. The number of methoxy groups -OCH3 is 1. The summed E-state index contributed by atoms with van der Waals surface area (Å²) >= 11 is 7.35. The van der Waals surface area contributed by atoms with E-state index in [0.717, 1.165) is 9.80 Å². The van der Waals surface area contributed by atoms with Crippen molar-refractivity contribution in [3.05, 3.63) is 94.0 Å². The lowest BCUT2D eigenvalue weighted by molar-refractivity contribution is -0.120. The zero-order chi connectivity index (χ0) is 25.7. The molecule has 1 N–H and O–H groups in total. The van der Waals surface area contributed by atoms with E-state index in [4.69, 9.17) is 21.1 Å². The normalized spacial score (nSPS) is 13.2. The van der Waals surface area contributed by atoms with Crippen LogP contribution in [0.3, 0.4) is 0 Å². The van der Waals surface area contributed by atoms with E-state index in [2.05, 4.69) is 5.32 Å². The van der Waals surface area contributed by atoms with Crippen LogP contribution in [0.5, 0.6) is 5.75 Å². The molecule has 0 fully saturated rings. The summed E-state index contributed by atoms with van der Waals surface area (Å²) in [4.78, 5) is 41.4. The van der Waals surface area contributed by atoms with Crippen LogP contribution in [0.25, 0.3) is 0 Å². The highest BCUT2D eigenvalue weighted by Gasteiger charge is 2.40. The van der Waals surface area contributed by atoms with Gasteiger partial charge in [0.15, 0.2) is 0 Å². The summed E-state index contributed by atoms with van der Waals surface area (Å²) in [5.74, 6) is -1.03. The third-order valence-corrected chi connectivity index (χ3v) is 6.55. The number of hydrogen-bond donors (Lipinski definition) is 1. The number of thioether (sulfide) groups is 1. The number of benzene rings is 3. The van der Waals surface area contributed by atoms with Gasteiger partial charge in [0.05, 0.1) is 30.7 Å². The van der Waals surface area contributed by atoms with Gasteiger partial charge in [-0.1, -0.05) is 48.5 Å². The number of esters is 1. The van der Waals surface area contributed by atoms with Crippen molar-refractivity contribution in [2.75, 3.05) is 23.9 Å². The van der Waals surface area contributed by atoms with Crippen molar-refractivity contribution in [1.29, 1.82) is 0 Å². The van der Waals surface area contributed by atoms with Crippen molar-refractivity contribution in [3.63, 3.8) is 0 Å². The number of ether oxygens (including phenoxy) is 2. The van der Waals surface area contributed by atoms with E-state index in [1.54, 1.807) is 30.3 Å². The first kappa shape index (κ1) is 25.3. The molecular formula is C27H23ClN2O5S. The monoisotopic (exact) mass is 522 g/mol. The summed E-state index contributed by atoms with van der Waals surface area (Å²) in [5.41, 5.74) is 1.21. The van der Waals surface area contributed by atoms with Crippen LogP contribution in [0.4, 0.5) is 11.4 Å². The maximum absolute atomic E-state index is 13.6. The third kappa shape index (κ3) is 5.40. The zero-order valence-electron chi connectivity index (χ0n) is 19.6. The smallest absolute Gasteiger partial charge is 0.338 e. The molecule has 3 aromatic carbocycles. The van der Waals surface area contributed by atoms with Gasteiger partial charge in [-0.3, -0.25) is 9.59 Å². The Balaban J connectivity index is 1.69. The molecule has 2 amide bonds. The lowest BCUT2D eigenvalue weighted by atomic mass is 10.2. The maximum atomic E-state index is 13.6. The molecule has 0 spiro atoms. The summed E-state index contributed by atoms with van der Waals surface area (Å²) in [7, 11) is 1.50. The van der Waals surface area contributed by atoms with E-state index >= 15 is 0 Å². The van der Waals surface area contributed by atoms with E-state index in [0.29, 0.717) is 40.7 Å². The Hall–Kier alpha value is -3.75. The number of hydrogen-bond acceptors (Lipinski definition) is 7. The lowest BCUT2D eigenvalue weighted by Gasteiger charge is -2.16. The van der Waals surface area contributed by atoms with Gasteiger partial charge in [-0.2, -0.15) is 0 Å². The second-order valence-electron chi connectivity index (χ2n) is 7.72. The number of nitrogens with one attached hydrogen (secondary N) is 1. The molecule has 36 heavy (non-hydrogen) atoms. The van der Waals surface area contributed by atoms with Gasteiger partial charge in [-0.05, 0) is 61.0 Å². The molecule has 0 saturated heterocycles. The predicted molar refractivity (Wildman–Crippen MR) is 140 cm³/mol. The summed E-state index contributed by atoms with van der Waals surface area (Å²) < 4.78 is 10.5. The maximum Gasteiger partial charge on any atom is 0.338 e. The largest absolute Gasteiger partial charge is 0.495 e. The summed E-state index contributed by atoms with van der Waals surface area (Å²) in [5, 5.41) is 3.51. The van der Waals surface area contributed by atoms with Crippen LogP contribution in [0, 0.1) is 0 Å². The summed E-state index contributed by atoms with van der Waals surface area (Å²) in [6.45, 7) is 2.22. The fraction of sp³-hybridized carbons (Fsp3) is 0.148. The Morgan fingerprint density at radius 3 is 2.39 bits per heavy atom. The van der Waals surface area contributed by atoms with Crippen LogP contribution in [0.2, 0.25) is 5.02 Å². The lowest BCUT2D eigenvalue weighted by Crippen LogP contribution is -2.32. The Morgan fingerprint density at radius 2 is 1.72 bits per heavy atom. The molecule has 1 aliphatic heterocycles. The molecule has 0 aromatic heterocycles. The van der Waals surface area contributed by atoms with Gasteiger partial charge in [0.1, 0.15) is 16.4 Å². The zero-order valence-corrected chi connectivity index (χ0v) is 21.2. The average Bonchev–Trinajstić information content (AvgIpc) is 3.12. The highest BCUT2D eigenvalue weighted by molar-refractivity contribution is 8.04. The molecule has 4 rings (SSSR count). The minimum atomic E-state index is -0.540. The number of carbonyl (C=O) groups is 3. The van der Waals surface area contributed by atoms with Crippen LogP contribution >= 0.6 is 23.4 Å². The van der Waals surface area contributed by atoms with Crippen LogP contribution in [-0.2, 0) is 14.3 Å². The Bertz CT molecular complexity index is 1330. The van der Waals surface area contributed by atoms with Gasteiger partial charge in [0.25, 0.3) is 11.8 Å². The molecule has 0 radical (unpaired) electrons. The standard InChI is InChI=1S/C27H23ClN2O5S/c1-3-15-35-27(33)17-9-12-19(13-10-17)30-25(31)23(29-21-16-18(28)11-14-22(21)34-2)24(26(30)32)36-20-7-5-4-6-8-20/h4-14,16,29H,3,15H2,1-2H3. The molecule has 0 atom stereocenters. The number of amides is 2. The van der Waals surface area contributed by atoms with Gasteiger partial charge >= 0.3 is 5.97 Å². The molecule has 3 aromatic rings. The van der Waals surface area contributed by atoms with Gasteiger partial charge in [-0.15, -0.1) is 0 Å². The highest BCUT2D eigenvalue weighted by Crippen LogP contribution is 2.39. The molecule has 0 aliphatic carbocycles. The fourth-order valence-electron chi connectivity index (χ4n) is 3.49. The molecule has 0 bridgehead atoms. The quantitative estimate of drug-likeness (QED) is 0.276. The molecule has 9 heteroatoms.